The molecule has 0 radical (unpaired) electrons. The van der Waals surface area contributed by atoms with E-state index in [-0.39, 0.29) is 6.03 Å². The molecule has 0 saturated carbocycles. The standard InChI is InChI=1S/C27H33Cl2N5O/c1-33(2)22-15-13-21(14-16-22)20-34(27(35)32-24-11-9-10-23(28)26(24)29)19-8-4-3-6-17-30-25-12-5-7-18-31-25/h5,7,9-16,18H,3-4,6,8,17,19-20H2,1-2H3,(H,30,31)(H,32,35). The first-order valence-corrected chi connectivity index (χ1v) is 12.6. The van der Waals surface area contributed by atoms with Crippen LogP contribution >= 0.6 is 23.2 Å². The van der Waals surface area contributed by atoms with Gasteiger partial charge in [-0.2, -0.15) is 0 Å². The van der Waals surface area contributed by atoms with E-state index in [1.807, 2.05) is 37.2 Å². The average Bonchev–Trinajstić information content (AvgIpc) is 2.86. The third-order valence-electron chi connectivity index (χ3n) is 5.63. The summed E-state index contributed by atoms with van der Waals surface area (Å²) in [5, 5.41) is 7.02. The third-order valence-corrected chi connectivity index (χ3v) is 6.45. The minimum atomic E-state index is -0.192. The number of aromatic nitrogens is 1. The highest BCUT2D eigenvalue weighted by molar-refractivity contribution is 6.43. The van der Waals surface area contributed by atoms with Gasteiger partial charge in [0.2, 0.25) is 0 Å². The van der Waals surface area contributed by atoms with E-state index >= 15 is 0 Å². The summed E-state index contributed by atoms with van der Waals surface area (Å²) in [5.41, 5.74) is 2.70. The number of amides is 2. The van der Waals surface area contributed by atoms with Crippen molar-refractivity contribution >= 4 is 46.4 Å². The Hall–Kier alpha value is -2.96. The second-order valence-electron chi connectivity index (χ2n) is 8.57. The van der Waals surface area contributed by atoms with Crippen molar-refractivity contribution in [1.82, 2.24) is 9.88 Å². The van der Waals surface area contributed by atoms with Gasteiger partial charge in [-0.1, -0.05) is 60.3 Å². The largest absolute Gasteiger partial charge is 0.378 e. The molecule has 0 aliphatic heterocycles. The quantitative estimate of drug-likeness (QED) is 0.252. The minimum absolute atomic E-state index is 0.192. The van der Waals surface area contributed by atoms with Crippen molar-refractivity contribution in [2.45, 2.75) is 32.2 Å². The first-order chi connectivity index (χ1) is 16.9. The van der Waals surface area contributed by atoms with Gasteiger partial charge in [-0.15, -0.1) is 0 Å². The lowest BCUT2D eigenvalue weighted by Gasteiger charge is -2.24. The molecular weight excluding hydrogens is 481 g/mol. The lowest BCUT2D eigenvalue weighted by atomic mass is 10.1. The van der Waals surface area contributed by atoms with Crippen LogP contribution in [0.4, 0.5) is 22.0 Å². The summed E-state index contributed by atoms with van der Waals surface area (Å²) in [6.07, 6.45) is 5.85. The molecule has 0 spiro atoms. The van der Waals surface area contributed by atoms with Gasteiger partial charge in [-0.05, 0) is 54.8 Å². The van der Waals surface area contributed by atoms with Crippen LogP contribution in [0.5, 0.6) is 0 Å². The molecule has 186 valence electrons. The smallest absolute Gasteiger partial charge is 0.322 e. The number of hydrogen-bond donors (Lipinski definition) is 2. The van der Waals surface area contributed by atoms with Crippen LogP contribution in [0.25, 0.3) is 0 Å². The molecule has 0 aliphatic carbocycles. The molecule has 3 aromatic rings. The number of benzene rings is 2. The molecule has 0 aliphatic rings. The molecule has 3 rings (SSSR count). The van der Waals surface area contributed by atoms with Crippen molar-refractivity contribution in [2.24, 2.45) is 0 Å². The Morgan fingerprint density at radius 1 is 0.914 bits per heavy atom. The minimum Gasteiger partial charge on any atom is -0.378 e. The predicted octanol–water partition coefficient (Wildman–Crippen LogP) is 7.16. The third kappa shape index (κ3) is 8.64. The van der Waals surface area contributed by atoms with Crippen LogP contribution in [0.1, 0.15) is 31.2 Å². The molecule has 0 fully saturated rings. The van der Waals surface area contributed by atoms with E-state index in [9.17, 15) is 4.79 Å². The molecule has 0 saturated heterocycles. The zero-order valence-electron chi connectivity index (χ0n) is 20.3. The summed E-state index contributed by atoms with van der Waals surface area (Å²) < 4.78 is 0. The summed E-state index contributed by atoms with van der Waals surface area (Å²) in [5.74, 6) is 0.898. The maximum absolute atomic E-state index is 13.2. The van der Waals surface area contributed by atoms with Crippen molar-refractivity contribution in [1.29, 1.82) is 0 Å². The van der Waals surface area contributed by atoms with Gasteiger partial charge >= 0.3 is 6.03 Å². The van der Waals surface area contributed by atoms with E-state index in [4.69, 9.17) is 23.2 Å². The van der Waals surface area contributed by atoms with Crippen LogP contribution in [-0.2, 0) is 6.54 Å². The Bertz CT molecular complexity index is 1060. The molecule has 1 aromatic heterocycles. The van der Waals surface area contributed by atoms with Gasteiger partial charge in [0.15, 0.2) is 0 Å². The molecule has 2 aromatic carbocycles. The van der Waals surface area contributed by atoms with E-state index in [2.05, 4.69) is 44.8 Å². The first-order valence-electron chi connectivity index (χ1n) is 11.8. The van der Waals surface area contributed by atoms with E-state index in [0.717, 1.165) is 49.3 Å². The predicted molar refractivity (Wildman–Crippen MR) is 148 cm³/mol. The number of unbranched alkanes of at least 4 members (excludes halogenated alkanes) is 3. The Morgan fingerprint density at radius 2 is 1.69 bits per heavy atom. The van der Waals surface area contributed by atoms with Crippen LogP contribution in [0.15, 0.2) is 66.9 Å². The summed E-state index contributed by atoms with van der Waals surface area (Å²) in [4.78, 5) is 21.3. The van der Waals surface area contributed by atoms with Gasteiger partial charge in [0.25, 0.3) is 0 Å². The van der Waals surface area contributed by atoms with E-state index in [1.165, 1.54) is 0 Å². The summed E-state index contributed by atoms with van der Waals surface area (Å²) in [7, 11) is 4.02. The number of carbonyl (C=O) groups is 1. The number of urea groups is 1. The fourth-order valence-corrected chi connectivity index (χ4v) is 3.98. The molecule has 0 unspecified atom stereocenters. The second kappa shape index (κ2) is 13.8. The van der Waals surface area contributed by atoms with Gasteiger partial charge in [-0.3, -0.25) is 0 Å². The average molecular weight is 515 g/mol. The van der Waals surface area contributed by atoms with Gasteiger partial charge in [0.1, 0.15) is 5.82 Å². The monoisotopic (exact) mass is 513 g/mol. The normalized spacial score (nSPS) is 10.6. The van der Waals surface area contributed by atoms with Crippen LogP contribution in [-0.4, -0.2) is 43.1 Å². The number of anilines is 3. The molecule has 8 heteroatoms. The van der Waals surface area contributed by atoms with Crippen molar-refractivity contribution in [3.05, 3.63) is 82.5 Å². The molecule has 1 heterocycles. The fraction of sp³-hybridized carbons (Fsp3) is 0.333. The lowest BCUT2D eigenvalue weighted by molar-refractivity contribution is 0.207. The zero-order valence-corrected chi connectivity index (χ0v) is 21.8. The van der Waals surface area contributed by atoms with Crippen LogP contribution in [0.2, 0.25) is 10.0 Å². The number of hydrogen-bond acceptors (Lipinski definition) is 4. The molecule has 2 N–H and O–H groups in total. The van der Waals surface area contributed by atoms with Crippen molar-refractivity contribution < 1.29 is 4.79 Å². The van der Waals surface area contributed by atoms with E-state index in [1.54, 1.807) is 24.4 Å². The summed E-state index contributed by atoms with van der Waals surface area (Å²) in [6.45, 7) is 2.04. The lowest BCUT2D eigenvalue weighted by Crippen LogP contribution is -2.35. The molecule has 0 atom stereocenters. The topological polar surface area (TPSA) is 60.5 Å². The van der Waals surface area contributed by atoms with Crippen LogP contribution in [0.3, 0.4) is 0 Å². The molecule has 35 heavy (non-hydrogen) atoms. The number of pyridine rings is 1. The second-order valence-corrected chi connectivity index (χ2v) is 9.36. The molecule has 0 bridgehead atoms. The molecular formula is C27H33Cl2N5O. The van der Waals surface area contributed by atoms with Gasteiger partial charge in [0, 0.05) is 45.6 Å². The van der Waals surface area contributed by atoms with Crippen LogP contribution in [0, 0.1) is 0 Å². The summed E-state index contributed by atoms with van der Waals surface area (Å²) in [6, 6.07) is 19.1. The van der Waals surface area contributed by atoms with E-state index < -0.39 is 0 Å². The first kappa shape index (κ1) is 26.6. The number of carbonyl (C=O) groups excluding carboxylic acids is 1. The summed E-state index contributed by atoms with van der Waals surface area (Å²) >= 11 is 12.4. The fourth-order valence-electron chi connectivity index (χ4n) is 3.63. The highest BCUT2D eigenvalue weighted by Crippen LogP contribution is 2.30. The Balaban J connectivity index is 1.54. The van der Waals surface area contributed by atoms with Crippen molar-refractivity contribution in [3.63, 3.8) is 0 Å². The molecule has 6 nitrogen and oxygen atoms in total. The van der Waals surface area contributed by atoms with E-state index in [0.29, 0.717) is 28.8 Å². The Morgan fingerprint density at radius 3 is 2.40 bits per heavy atom. The number of nitrogens with zero attached hydrogens (tertiary/aromatic N) is 3. The van der Waals surface area contributed by atoms with Gasteiger partial charge in [-0.25, -0.2) is 9.78 Å². The van der Waals surface area contributed by atoms with Crippen molar-refractivity contribution in [2.75, 3.05) is 42.7 Å². The zero-order chi connectivity index (χ0) is 25.0. The SMILES string of the molecule is CN(C)c1ccc(CN(CCCCCCNc2ccccn2)C(=O)Nc2cccc(Cl)c2Cl)cc1. The maximum atomic E-state index is 13.2. The Kier molecular flexibility index (Phi) is 10.5. The number of nitrogens with one attached hydrogen (secondary N) is 2. The Labute approximate surface area is 218 Å². The highest BCUT2D eigenvalue weighted by Gasteiger charge is 2.16. The van der Waals surface area contributed by atoms with Gasteiger partial charge in [0.05, 0.1) is 15.7 Å². The maximum Gasteiger partial charge on any atom is 0.322 e. The van der Waals surface area contributed by atoms with Crippen LogP contribution < -0.4 is 15.5 Å². The number of rotatable bonds is 12. The highest BCUT2D eigenvalue weighted by atomic mass is 35.5. The van der Waals surface area contributed by atoms with Gasteiger partial charge < -0.3 is 20.4 Å². The van der Waals surface area contributed by atoms with Crippen molar-refractivity contribution in [3.8, 4) is 0 Å². The molecule has 2 amide bonds. The number of halogens is 2.